The second kappa shape index (κ2) is 11.0. The van der Waals surface area contributed by atoms with E-state index in [1.54, 1.807) is 36.0 Å². The van der Waals surface area contributed by atoms with Crippen molar-refractivity contribution in [1.29, 1.82) is 0 Å². The first kappa shape index (κ1) is 22.2. The molecule has 0 atom stereocenters. The molecule has 9 heteroatoms. The zero-order valence-corrected chi connectivity index (χ0v) is 17.3. The van der Waals surface area contributed by atoms with Crippen LogP contribution in [-0.2, 0) is 16.6 Å². The van der Waals surface area contributed by atoms with E-state index in [9.17, 15) is 12.8 Å². The molecule has 6 nitrogen and oxygen atoms in total. The fourth-order valence-corrected chi connectivity index (χ4v) is 3.66. The van der Waals surface area contributed by atoms with E-state index < -0.39 is 10.0 Å². The molecule has 0 aliphatic heterocycles. The summed E-state index contributed by atoms with van der Waals surface area (Å²) in [5.74, 6) is 1.38. The molecule has 0 saturated carbocycles. The van der Waals surface area contributed by atoms with Gasteiger partial charge in [0.1, 0.15) is 5.82 Å². The Kier molecular flexibility index (Phi) is 8.75. The molecule has 152 valence electrons. The van der Waals surface area contributed by atoms with Crippen LogP contribution in [0.25, 0.3) is 0 Å². The number of hydrogen-bond acceptors (Lipinski definition) is 4. The standard InChI is InChI=1S/C19H25FN4O2S2/c1-2-22-19(23-12-3-13-27-17-8-6-16(20)7-9-17)24-14-15-4-10-18(11-5-15)28(21,25)26/h4-11H,2-3,12-14H2,1H3,(H2,21,25,26)(H2,22,23,24). The second-order valence-corrected chi connectivity index (χ2v) is 8.70. The predicted molar refractivity (Wildman–Crippen MR) is 112 cm³/mol. The van der Waals surface area contributed by atoms with Crippen molar-refractivity contribution in [1.82, 2.24) is 10.6 Å². The quantitative estimate of drug-likeness (QED) is 0.249. The first-order chi connectivity index (χ1) is 13.4. The Morgan fingerprint density at radius 1 is 1.11 bits per heavy atom. The molecular weight excluding hydrogens is 399 g/mol. The molecule has 2 aromatic rings. The smallest absolute Gasteiger partial charge is 0.238 e. The number of aliphatic imine (C=N–C) groups is 1. The average Bonchev–Trinajstić information content (AvgIpc) is 2.67. The summed E-state index contributed by atoms with van der Waals surface area (Å²) in [5, 5.41) is 11.5. The van der Waals surface area contributed by atoms with E-state index in [0.717, 1.165) is 35.7 Å². The number of nitrogens with zero attached hydrogens (tertiary/aromatic N) is 1. The van der Waals surface area contributed by atoms with Crippen LogP contribution in [0, 0.1) is 5.82 Å². The summed E-state index contributed by atoms with van der Waals surface area (Å²) in [6.07, 6.45) is 0.926. The highest BCUT2D eigenvalue weighted by Gasteiger charge is 2.06. The van der Waals surface area contributed by atoms with Crippen molar-refractivity contribution in [2.24, 2.45) is 10.1 Å². The van der Waals surface area contributed by atoms with Crippen molar-refractivity contribution < 1.29 is 12.8 Å². The Labute approximate surface area is 169 Å². The number of halogens is 1. The van der Waals surface area contributed by atoms with Gasteiger partial charge in [-0.2, -0.15) is 0 Å². The lowest BCUT2D eigenvalue weighted by Crippen LogP contribution is -2.37. The number of thioether (sulfide) groups is 1. The third-order valence-electron chi connectivity index (χ3n) is 3.71. The third kappa shape index (κ3) is 7.87. The highest BCUT2D eigenvalue weighted by molar-refractivity contribution is 7.99. The van der Waals surface area contributed by atoms with Crippen LogP contribution in [0.15, 0.2) is 63.3 Å². The van der Waals surface area contributed by atoms with Crippen LogP contribution < -0.4 is 15.8 Å². The molecule has 2 rings (SSSR count). The zero-order chi connectivity index (χ0) is 20.4. The molecule has 0 heterocycles. The highest BCUT2D eigenvalue weighted by atomic mass is 32.2. The monoisotopic (exact) mass is 424 g/mol. The Morgan fingerprint density at radius 3 is 2.39 bits per heavy atom. The molecule has 4 N–H and O–H groups in total. The molecule has 2 aromatic carbocycles. The number of nitrogens with one attached hydrogen (secondary N) is 2. The van der Waals surface area contributed by atoms with Gasteiger partial charge in [0.25, 0.3) is 0 Å². The van der Waals surface area contributed by atoms with Gasteiger partial charge in [-0.3, -0.25) is 0 Å². The summed E-state index contributed by atoms with van der Waals surface area (Å²) >= 11 is 1.68. The average molecular weight is 425 g/mol. The van der Waals surface area contributed by atoms with E-state index in [0.29, 0.717) is 12.5 Å². The summed E-state index contributed by atoms with van der Waals surface area (Å²) in [6, 6.07) is 12.8. The maximum Gasteiger partial charge on any atom is 0.238 e. The molecule has 0 aliphatic carbocycles. The van der Waals surface area contributed by atoms with E-state index >= 15 is 0 Å². The SMILES string of the molecule is CCNC(=NCc1ccc(S(N)(=O)=O)cc1)NCCCSc1ccc(F)cc1. The van der Waals surface area contributed by atoms with E-state index in [1.165, 1.54) is 24.3 Å². The van der Waals surface area contributed by atoms with Crippen LogP contribution in [0.1, 0.15) is 18.9 Å². The number of sulfonamides is 1. The van der Waals surface area contributed by atoms with E-state index in [4.69, 9.17) is 5.14 Å². The van der Waals surface area contributed by atoms with Crippen molar-refractivity contribution in [3.05, 3.63) is 59.9 Å². The van der Waals surface area contributed by atoms with Gasteiger partial charge in [-0.1, -0.05) is 12.1 Å². The number of primary sulfonamides is 1. The fraction of sp³-hybridized carbons (Fsp3) is 0.316. The first-order valence-electron chi connectivity index (χ1n) is 8.91. The molecular formula is C19H25FN4O2S2. The summed E-state index contributed by atoms with van der Waals surface area (Å²) in [6.45, 7) is 3.90. The number of benzene rings is 2. The van der Waals surface area contributed by atoms with Crippen LogP contribution in [0.5, 0.6) is 0 Å². The van der Waals surface area contributed by atoms with Crippen molar-refractivity contribution >= 4 is 27.7 Å². The van der Waals surface area contributed by atoms with Crippen LogP contribution >= 0.6 is 11.8 Å². The number of hydrogen-bond donors (Lipinski definition) is 3. The van der Waals surface area contributed by atoms with Gasteiger partial charge >= 0.3 is 0 Å². The fourth-order valence-electron chi connectivity index (χ4n) is 2.30. The van der Waals surface area contributed by atoms with Crippen LogP contribution in [0.4, 0.5) is 4.39 Å². The second-order valence-electron chi connectivity index (χ2n) is 5.97. The van der Waals surface area contributed by atoms with Crippen LogP contribution in [0.2, 0.25) is 0 Å². The summed E-state index contributed by atoms with van der Waals surface area (Å²) in [5.41, 5.74) is 0.886. The molecule has 0 radical (unpaired) electrons. The van der Waals surface area contributed by atoms with Crippen molar-refractivity contribution in [2.45, 2.75) is 29.7 Å². The van der Waals surface area contributed by atoms with Crippen LogP contribution in [-0.4, -0.2) is 33.2 Å². The zero-order valence-electron chi connectivity index (χ0n) is 15.7. The Balaban J connectivity index is 1.79. The van der Waals surface area contributed by atoms with E-state index in [-0.39, 0.29) is 10.7 Å². The third-order valence-corrected chi connectivity index (χ3v) is 5.74. The minimum absolute atomic E-state index is 0.0870. The maximum absolute atomic E-state index is 12.9. The molecule has 0 aromatic heterocycles. The largest absolute Gasteiger partial charge is 0.357 e. The van der Waals surface area contributed by atoms with E-state index in [2.05, 4.69) is 15.6 Å². The molecule has 0 aliphatic rings. The van der Waals surface area contributed by atoms with Crippen molar-refractivity contribution in [3.8, 4) is 0 Å². The predicted octanol–water partition coefficient (Wildman–Crippen LogP) is 2.71. The topological polar surface area (TPSA) is 96.6 Å². The Bertz CT molecular complexity index is 870. The minimum atomic E-state index is -3.68. The van der Waals surface area contributed by atoms with Gasteiger partial charge in [0.15, 0.2) is 5.96 Å². The van der Waals surface area contributed by atoms with Gasteiger partial charge in [0.05, 0.1) is 11.4 Å². The van der Waals surface area contributed by atoms with Gasteiger partial charge in [-0.25, -0.2) is 22.9 Å². The first-order valence-corrected chi connectivity index (χ1v) is 11.4. The van der Waals surface area contributed by atoms with Crippen molar-refractivity contribution in [2.75, 3.05) is 18.8 Å². The molecule has 0 saturated heterocycles. The van der Waals surface area contributed by atoms with Crippen LogP contribution in [0.3, 0.4) is 0 Å². The summed E-state index contributed by atoms with van der Waals surface area (Å²) < 4.78 is 35.5. The number of nitrogens with two attached hydrogens (primary N) is 1. The normalized spacial score (nSPS) is 12.0. The van der Waals surface area contributed by atoms with Gasteiger partial charge in [0.2, 0.25) is 10.0 Å². The summed E-state index contributed by atoms with van der Waals surface area (Å²) in [4.78, 5) is 5.64. The molecule has 0 fully saturated rings. The van der Waals surface area contributed by atoms with Gasteiger partial charge in [0, 0.05) is 18.0 Å². The van der Waals surface area contributed by atoms with Gasteiger partial charge in [-0.05, 0) is 61.1 Å². The molecule has 0 unspecified atom stereocenters. The minimum Gasteiger partial charge on any atom is -0.357 e. The highest BCUT2D eigenvalue weighted by Crippen LogP contribution is 2.18. The lowest BCUT2D eigenvalue weighted by atomic mass is 10.2. The Hall–Kier alpha value is -2.10. The maximum atomic E-state index is 12.9. The number of rotatable bonds is 9. The molecule has 0 amide bonds. The van der Waals surface area contributed by atoms with Gasteiger partial charge in [-0.15, -0.1) is 11.8 Å². The van der Waals surface area contributed by atoms with Gasteiger partial charge < -0.3 is 10.6 Å². The number of guanidine groups is 1. The van der Waals surface area contributed by atoms with E-state index in [1.807, 2.05) is 6.92 Å². The van der Waals surface area contributed by atoms with Crippen molar-refractivity contribution in [3.63, 3.8) is 0 Å². The molecule has 0 bridgehead atoms. The molecule has 28 heavy (non-hydrogen) atoms. The molecule has 0 spiro atoms. The lowest BCUT2D eigenvalue weighted by molar-refractivity contribution is 0.597. The Morgan fingerprint density at radius 2 is 1.79 bits per heavy atom. The summed E-state index contributed by atoms with van der Waals surface area (Å²) in [7, 11) is -3.68. The lowest BCUT2D eigenvalue weighted by Gasteiger charge is -2.11.